The second-order valence-electron chi connectivity index (χ2n) is 6.94. The van der Waals surface area contributed by atoms with Crippen LogP contribution in [0.25, 0.3) is 0 Å². The Labute approximate surface area is 111 Å². The Hall–Kier alpha value is -0.780. The van der Waals surface area contributed by atoms with Crippen LogP contribution in [0.5, 0.6) is 0 Å². The molecule has 4 atom stereocenters. The summed E-state index contributed by atoms with van der Waals surface area (Å²) in [6.45, 7) is 2.24. The largest absolute Gasteiger partial charge is 0.0590 e. The Balaban J connectivity index is 1.71. The summed E-state index contributed by atoms with van der Waals surface area (Å²) in [5.41, 5.74) is 4.84. The van der Waals surface area contributed by atoms with Crippen molar-refractivity contribution in [3.63, 3.8) is 0 Å². The lowest BCUT2D eigenvalue weighted by Gasteiger charge is -2.44. The zero-order valence-electron chi connectivity index (χ0n) is 11.5. The maximum atomic E-state index is 2.46. The first kappa shape index (κ1) is 11.1. The average Bonchev–Trinajstić information content (AvgIpc) is 2.86. The molecule has 0 spiro atoms. The molecule has 0 nitrogen and oxygen atoms in total. The van der Waals surface area contributed by atoms with E-state index in [9.17, 15) is 0 Å². The molecule has 4 rings (SSSR count). The van der Waals surface area contributed by atoms with Crippen molar-refractivity contribution in [2.75, 3.05) is 0 Å². The summed E-state index contributed by atoms with van der Waals surface area (Å²) < 4.78 is 0. The van der Waals surface area contributed by atoms with Crippen molar-refractivity contribution < 1.29 is 0 Å². The van der Waals surface area contributed by atoms with Gasteiger partial charge in [-0.25, -0.2) is 0 Å². The highest BCUT2D eigenvalue weighted by Gasteiger charge is 2.43. The minimum Gasteiger partial charge on any atom is -0.0590 e. The first-order valence-electron chi connectivity index (χ1n) is 7.92. The summed E-state index contributed by atoms with van der Waals surface area (Å²) in [4.78, 5) is 0. The molecule has 0 amide bonds. The van der Waals surface area contributed by atoms with E-state index in [1.807, 2.05) is 0 Å². The van der Waals surface area contributed by atoms with Crippen LogP contribution >= 0.6 is 0 Å². The lowest BCUT2D eigenvalue weighted by Crippen LogP contribution is -2.34. The number of rotatable bonds is 0. The predicted molar refractivity (Wildman–Crippen MR) is 75.8 cm³/mol. The van der Waals surface area contributed by atoms with Gasteiger partial charge in [-0.2, -0.15) is 0 Å². The van der Waals surface area contributed by atoms with Gasteiger partial charge in [-0.3, -0.25) is 0 Å². The highest BCUT2D eigenvalue weighted by atomic mass is 14.5. The third-order valence-electron chi connectivity index (χ3n) is 6.08. The fourth-order valence-corrected chi connectivity index (χ4v) is 5.33. The fourth-order valence-electron chi connectivity index (χ4n) is 5.33. The first-order valence-corrected chi connectivity index (χ1v) is 7.92. The quantitative estimate of drug-likeness (QED) is 0.608. The van der Waals surface area contributed by atoms with Crippen LogP contribution in [0, 0.1) is 24.7 Å². The van der Waals surface area contributed by atoms with Gasteiger partial charge < -0.3 is 0 Å². The molecule has 0 N–H and O–H groups in total. The molecule has 3 aliphatic rings. The van der Waals surface area contributed by atoms with Crippen molar-refractivity contribution in [3.05, 3.63) is 34.9 Å². The molecule has 1 aromatic rings. The summed E-state index contributed by atoms with van der Waals surface area (Å²) in [5.74, 6) is 4.12. The van der Waals surface area contributed by atoms with Crippen molar-refractivity contribution >= 4 is 0 Å². The van der Waals surface area contributed by atoms with Crippen molar-refractivity contribution in [3.8, 4) is 0 Å². The third kappa shape index (κ3) is 1.57. The molecule has 96 valence electrons. The van der Waals surface area contributed by atoms with E-state index < -0.39 is 0 Å². The van der Waals surface area contributed by atoms with Gasteiger partial charge in [0.05, 0.1) is 0 Å². The van der Waals surface area contributed by atoms with Crippen LogP contribution in [-0.4, -0.2) is 0 Å². The smallest absolute Gasteiger partial charge is 0.0128 e. The van der Waals surface area contributed by atoms with E-state index in [0.29, 0.717) is 0 Å². The Morgan fingerprint density at radius 1 is 0.944 bits per heavy atom. The van der Waals surface area contributed by atoms with Crippen LogP contribution in [-0.2, 0) is 6.42 Å². The van der Waals surface area contributed by atoms with Crippen LogP contribution < -0.4 is 0 Å². The summed E-state index contributed by atoms with van der Waals surface area (Å²) in [6, 6.07) is 7.24. The topological polar surface area (TPSA) is 0 Å². The van der Waals surface area contributed by atoms with Gasteiger partial charge in [0.1, 0.15) is 0 Å². The highest BCUT2D eigenvalue weighted by Crippen LogP contribution is 2.54. The van der Waals surface area contributed by atoms with E-state index in [0.717, 1.165) is 23.7 Å². The number of fused-ring (bicyclic) bond motifs is 5. The minimum absolute atomic E-state index is 0.911. The van der Waals surface area contributed by atoms with E-state index in [4.69, 9.17) is 0 Å². The maximum Gasteiger partial charge on any atom is -0.0128 e. The van der Waals surface area contributed by atoms with Gasteiger partial charge in [0.2, 0.25) is 0 Å². The lowest BCUT2D eigenvalue weighted by molar-refractivity contribution is 0.137. The van der Waals surface area contributed by atoms with E-state index in [1.165, 1.54) is 50.5 Å². The average molecular weight is 240 g/mol. The molecule has 0 bridgehead atoms. The number of benzene rings is 1. The van der Waals surface area contributed by atoms with Crippen LogP contribution in [0.2, 0.25) is 0 Å². The van der Waals surface area contributed by atoms with Gasteiger partial charge in [-0.15, -0.1) is 0 Å². The summed E-state index contributed by atoms with van der Waals surface area (Å²) in [7, 11) is 0. The molecule has 0 unspecified atom stereocenters. The van der Waals surface area contributed by atoms with E-state index >= 15 is 0 Å². The molecule has 2 saturated carbocycles. The summed E-state index contributed by atoms with van der Waals surface area (Å²) in [5, 5.41) is 0. The van der Waals surface area contributed by atoms with Gasteiger partial charge in [-0.05, 0) is 73.8 Å². The van der Waals surface area contributed by atoms with Gasteiger partial charge >= 0.3 is 0 Å². The van der Waals surface area contributed by atoms with E-state index in [-0.39, 0.29) is 0 Å². The van der Waals surface area contributed by atoms with Crippen molar-refractivity contribution in [1.29, 1.82) is 0 Å². The number of hydrogen-bond acceptors (Lipinski definition) is 0. The second kappa shape index (κ2) is 4.11. The summed E-state index contributed by atoms with van der Waals surface area (Å²) >= 11 is 0. The Bertz CT molecular complexity index is 459. The molecule has 0 aromatic heterocycles. The Morgan fingerprint density at radius 3 is 2.83 bits per heavy atom. The van der Waals surface area contributed by atoms with E-state index in [2.05, 4.69) is 25.1 Å². The van der Waals surface area contributed by atoms with Gasteiger partial charge in [0, 0.05) is 0 Å². The molecule has 1 aromatic carbocycles. The molecule has 0 heterocycles. The monoisotopic (exact) mass is 240 g/mol. The molecule has 0 radical (unpaired) electrons. The molecule has 18 heavy (non-hydrogen) atoms. The molecule has 2 fully saturated rings. The second-order valence-corrected chi connectivity index (χ2v) is 6.94. The summed E-state index contributed by atoms with van der Waals surface area (Å²) in [6.07, 6.45) is 10.4. The predicted octanol–water partition coefficient (Wildman–Crippen LogP) is 4.85. The van der Waals surface area contributed by atoms with E-state index in [1.54, 1.807) is 11.1 Å². The van der Waals surface area contributed by atoms with Gasteiger partial charge in [-0.1, -0.05) is 36.6 Å². The fraction of sp³-hybridized carbons (Fsp3) is 0.667. The molecule has 0 saturated heterocycles. The lowest BCUT2D eigenvalue weighted by atomic mass is 9.61. The number of hydrogen-bond donors (Lipinski definition) is 0. The Kier molecular flexibility index (Phi) is 2.53. The van der Waals surface area contributed by atoms with Crippen LogP contribution in [0.3, 0.4) is 0 Å². The highest BCUT2D eigenvalue weighted by molar-refractivity contribution is 5.37. The molecule has 3 aliphatic carbocycles. The SMILES string of the molecule is Cc1ccc2c(c1)CC[C@H]1[C@@H]3CCC[C@H]3CC[C@H]21. The molecular formula is C18H24. The van der Waals surface area contributed by atoms with Gasteiger partial charge in [0.15, 0.2) is 0 Å². The zero-order valence-corrected chi connectivity index (χ0v) is 11.5. The van der Waals surface area contributed by atoms with Crippen LogP contribution in [0.4, 0.5) is 0 Å². The normalized spacial score (nSPS) is 37.8. The molecule has 0 heteroatoms. The van der Waals surface area contributed by atoms with Crippen molar-refractivity contribution in [1.82, 2.24) is 0 Å². The van der Waals surface area contributed by atoms with Crippen LogP contribution in [0.15, 0.2) is 18.2 Å². The van der Waals surface area contributed by atoms with Crippen LogP contribution in [0.1, 0.15) is 61.1 Å². The molecule has 0 aliphatic heterocycles. The Morgan fingerprint density at radius 2 is 1.89 bits per heavy atom. The van der Waals surface area contributed by atoms with Crippen molar-refractivity contribution in [2.24, 2.45) is 17.8 Å². The minimum atomic E-state index is 0.911. The maximum absolute atomic E-state index is 2.46. The third-order valence-corrected chi connectivity index (χ3v) is 6.08. The number of aryl methyl sites for hydroxylation is 2. The first-order chi connectivity index (χ1) is 8.83. The van der Waals surface area contributed by atoms with Gasteiger partial charge in [0.25, 0.3) is 0 Å². The standard InChI is InChI=1S/C18H24/c1-12-5-8-16-14(11-12)7-10-17-15-4-2-3-13(15)6-9-18(16)17/h5,8,11,13,15,17-18H,2-4,6-7,9-10H2,1H3/t13-,15+,17-,18+/m0/s1. The molecular weight excluding hydrogens is 216 g/mol. The van der Waals surface area contributed by atoms with Crippen molar-refractivity contribution in [2.45, 2.75) is 57.8 Å². The zero-order chi connectivity index (χ0) is 12.1.